The third-order valence-electron chi connectivity index (χ3n) is 4.20. The Labute approximate surface area is 97.3 Å². The summed E-state index contributed by atoms with van der Waals surface area (Å²) in [5.41, 5.74) is 6.17. The average Bonchev–Trinajstić information content (AvgIpc) is 2.94. The summed E-state index contributed by atoms with van der Waals surface area (Å²) in [5.74, 6) is 2.56. The van der Waals surface area contributed by atoms with E-state index in [-0.39, 0.29) is 0 Å². The molecular formula is C14H20N2. The molecule has 2 aliphatic rings. The van der Waals surface area contributed by atoms with Gasteiger partial charge >= 0.3 is 0 Å². The molecule has 3 unspecified atom stereocenters. The van der Waals surface area contributed by atoms with Crippen molar-refractivity contribution in [3.8, 4) is 0 Å². The molecule has 2 nitrogen and oxygen atoms in total. The molecule has 1 N–H and O–H groups in total. The molecular weight excluding hydrogens is 196 g/mol. The van der Waals surface area contributed by atoms with Gasteiger partial charge in [0.25, 0.3) is 0 Å². The Morgan fingerprint density at radius 3 is 2.50 bits per heavy atom. The zero-order valence-electron chi connectivity index (χ0n) is 10.1. The molecule has 0 amide bonds. The second kappa shape index (κ2) is 3.69. The van der Waals surface area contributed by atoms with Crippen molar-refractivity contribution in [3.05, 3.63) is 35.7 Å². The molecule has 1 aromatic rings. The van der Waals surface area contributed by atoms with Gasteiger partial charge in [0.05, 0.1) is 0 Å². The Kier molecular flexibility index (Phi) is 2.31. The van der Waals surface area contributed by atoms with Crippen LogP contribution in [0.4, 0.5) is 0 Å². The summed E-state index contributed by atoms with van der Waals surface area (Å²) in [5, 5.41) is 0. The second-order valence-electron chi connectivity index (χ2n) is 5.35. The molecule has 0 saturated heterocycles. The van der Waals surface area contributed by atoms with Gasteiger partial charge in [0.2, 0.25) is 0 Å². The maximum atomic E-state index is 3.57. The van der Waals surface area contributed by atoms with E-state index < -0.39 is 0 Å². The number of aryl methyl sites for hydroxylation is 2. The number of fused-ring (bicyclic) bond motifs is 2. The zero-order chi connectivity index (χ0) is 11.1. The van der Waals surface area contributed by atoms with Gasteiger partial charge in [0.15, 0.2) is 0 Å². The summed E-state index contributed by atoms with van der Waals surface area (Å²) < 4.78 is 2.22. The third-order valence-corrected chi connectivity index (χ3v) is 4.20. The van der Waals surface area contributed by atoms with Crippen LogP contribution >= 0.6 is 0 Å². The van der Waals surface area contributed by atoms with Crippen molar-refractivity contribution in [3.63, 3.8) is 0 Å². The van der Waals surface area contributed by atoms with E-state index in [0.29, 0.717) is 0 Å². The van der Waals surface area contributed by atoms with Crippen LogP contribution in [-0.2, 0) is 0 Å². The summed E-state index contributed by atoms with van der Waals surface area (Å²) in [4.78, 5) is 0. The molecule has 0 spiro atoms. The van der Waals surface area contributed by atoms with Crippen molar-refractivity contribution in [1.82, 2.24) is 4.68 Å². The first kappa shape index (κ1) is 10.0. The normalized spacial score (nSPS) is 31.2. The molecule has 3 rings (SSSR count). The number of hydrogen-bond donors (Lipinski definition) is 1. The first-order valence-corrected chi connectivity index (χ1v) is 6.31. The van der Waals surface area contributed by atoms with Gasteiger partial charge < -0.3 is 5.43 Å². The first-order chi connectivity index (χ1) is 7.74. The van der Waals surface area contributed by atoms with E-state index in [1.165, 1.54) is 24.2 Å². The molecule has 1 aromatic heterocycles. The van der Waals surface area contributed by atoms with Crippen LogP contribution in [0.5, 0.6) is 0 Å². The smallest absolute Gasteiger partial charge is 0.0366 e. The molecule has 0 aromatic carbocycles. The van der Waals surface area contributed by atoms with Crippen LogP contribution in [0.3, 0.4) is 0 Å². The average molecular weight is 216 g/mol. The van der Waals surface area contributed by atoms with Gasteiger partial charge in [-0.25, -0.2) is 0 Å². The van der Waals surface area contributed by atoms with E-state index in [9.17, 15) is 0 Å². The van der Waals surface area contributed by atoms with Crippen LogP contribution in [0, 0.1) is 31.6 Å². The minimum Gasteiger partial charge on any atom is -0.326 e. The first-order valence-electron chi connectivity index (χ1n) is 6.31. The predicted molar refractivity (Wildman–Crippen MR) is 67.0 cm³/mol. The zero-order valence-corrected chi connectivity index (χ0v) is 10.1. The van der Waals surface area contributed by atoms with Crippen LogP contribution in [-0.4, -0.2) is 11.2 Å². The third kappa shape index (κ3) is 1.57. The van der Waals surface area contributed by atoms with E-state index in [1.807, 2.05) is 0 Å². The molecule has 1 heterocycles. The van der Waals surface area contributed by atoms with Gasteiger partial charge in [-0.2, -0.15) is 0 Å². The van der Waals surface area contributed by atoms with Crippen LogP contribution in [0.1, 0.15) is 24.2 Å². The number of nitrogens with one attached hydrogen (secondary N) is 1. The lowest BCUT2D eigenvalue weighted by Crippen LogP contribution is -2.26. The highest BCUT2D eigenvalue weighted by molar-refractivity contribution is 5.16. The van der Waals surface area contributed by atoms with Gasteiger partial charge in [-0.3, -0.25) is 4.68 Å². The molecule has 2 aliphatic carbocycles. The number of hydrogen-bond acceptors (Lipinski definition) is 1. The highest BCUT2D eigenvalue weighted by Gasteiger charge is 2.35. The topological polar surface area (TPSA) is 17.0 Å². The van der Waals surface area contributed by atoms with Crippen LogP contribution < -0.4 is 5.43 Å². The molecule has 1 fully saturated rings. The van der Waals surface area contributed by atoms with Gasteiger partial charge in [0.1, 0.15) is 0 Å². The lowest BCUT2D eigenvalue weighted by molar-refractivity contribution is 0.455. The highest BCUT2D eigenvalue weighted by Crippen LogP contribution is 2.43. The maximum absolute atomic E-state index is 3.57. The van der Waals surface area contributed by atoms with Crippen LogP contribution in [0.2, 0.25) is 0 Å². The van der Waals surface area contributed by atoms with Crippen molar-refractivity contribution in [2.45, 2.75) is 26.7 Å². The van der Waals surface area contributed by atoms with Gasteiger partial charge in [-0.1, -0.05) is 12.2 Å². The van der Waals surface area contributed by atoms with E-state index in [4.69, 9.17) is 0 Å². The van der Waals surface area contributed by atoms with E-state index in [0.717, 1.165) is 24.3 Å². The molecule has 3 atom stereocenters. The molecule has 16 heavy (non-hydrogen) atoms. The Bertz CT molecular complexity index is 397. The minimum absolute atomic E-state index is 0.841. The molecule has 2 heteroatoms. The fraction of sp³-hybridized carbons (Fsp3) is 0.571. The van der Waals surface area contributed by atoms with Crippen molar-refractivity contribution in [2.75, 3.05) is 12.0 Å². The fourth-order valence-corrected chi connectivity index (χ4v) is 3.26. The number of aromatic nitrogens is 1. The Hall–Kier alpha value is -1.18. The molecule has 0 aliphatic heterocycles. The lowest BCUT2D eigenvalue weighted by Gasteiger charge is -2.21. The van der Waals surface area contributed by atoms with Crippen molar-refractivity contribution in [2.24, 2.45) is 17.8 Å². The maximum Gasteiger partial charge on any atom is 0.0366 e. The van der Waals surface area contributed by atoms with Gasteiger partial charge in [-0.05, 0) is 56.6 Å². The van der Waals surface area contributed by atoms with Crippen LogP contribution in [0.25, 0.3) is 0 Å². The second-order valence-corrected chi connectivity index (χ2v) is 5.35. The van der Waals surface area contributed by atoms with Crippen molar-refractivity contribution in [1.29, 1.82) is 0 Å². The minimum atomic E-state index is 0.841. The standard InChI is InChI=1S/C14H20N2/c1-10-3-4-11(2)16(10)15-9-14-8-12-5-6-13(14)7-12/h3-6,12-15H,7-9H2,1-2H3. The Balaban J connectivity index is 1.63. The van der Waals surface area contributed by atoms with Crippen molar-refractivity contribution >= 4 is 0 Å². The summed E-state index contributed by atoms with van der Waals surface area (Å²) in [7, 11) is 0. The highest BCUT2D eigenvalue weighted by atomic mass is 15.4. The molecule has 0 radical (unpaired) electrons. The van der Waals surface area contributed by atoms with Gasteiger partial charge in [-0.15, -0.1) is 0 Å². The van der Waals surface area contributed by atoms with Gasteiger partial charge in [0, 0.05) is 17.9 Å². The quantitative estimate of drug-likeness (QED) is 0.769. The lowest BCUT2D eigenvalue weighted by atomic mass is 9.94. The molecule has 1 saturated carbocycles. The number of nitrogens with zero attached hydrogens (tertiary/aromatic N) is 1. The summed E-state index contributed by atoms with van der Waals surface area (Å²) in [6, 6.07) is 4.34. The number of allylic oxidation sites excluding steroid dienone is 2. The summed E-state index contributed by atoms with van der Waals surface area (Å²) in [6.07, 6.45) is 7.62. The van der Waals surface area contributed by atoms with E-state index in [1.54, 1.807) is 0 Å². The Morgan fingerprint density at radius 1 is 1.19 bits per heavy atom. The van der Waals surface area contributed by atoms with Crippen LogP contribution in [0.15, 0.2) is 24.3 Å². The molecule has 86 valence electrons. The van der Waals surface area contributed by atoms with E-state index >= 15 is 0 Å². The summed E-state index contributed by atoms with van der Waals surface area (Å²) in [6.45, 7) is 5.42. The summed E-state index contributed by atoms with van der Waals surface area (Å²) >= 11 is 0. The number of rotatable bonds is 3. The predicted octanol–water partition coefficient (Wildman–Crippen LogP) is 2.86. The fourth-order valence-electron chi connectivity index (χ4n) is 3.26. The Morgan fingerprint density at radius 2 is 1.94 bits per heavy atom. The SMILES string of the molecule is Cc1ccc(C)n1NCC1CC2C=CC1C2. The van der Waals surface area contributed by atoms with E-state index in [2.05, 4.69) is 48.2 Å². The van der Waals surface area contributed by atoms with Crippen molar-refractivity contribution < 1.29 is 0 Å². The monoisotopic (exact) mass is 216 g/mol. The largest absolute Gasteiger partial charge is 0.326 e. The molecule has 2 bridgehead atoms.